The fourth-order valence-corrected chi connectivity index (χ4v) is 2.06. The number of hydrogen-bond acceptors (Lipinski definition) is 2. The Bertz CT molecular complexity index is 683. The Morgan fingerprint density at radius 3 is 2.76 bits per heavy atom. The van der Waals surface area contributed by atoms with Gasteiger partial charge < -0.3 is 4.98 Å². The predicted octanol–water partition coefficient (Wildman–Crippen LogP) is 3.24. The van der Waals surface area contributed by atoms with Crippen LogP contribution in [0.3, 0.4) is 0 Å². The zero-order valence-corrected chi connectivity index (χ0v) is 9.86. The van der Waals surface area contributed by atoms with Crippen LogP contribution in [-0.4, -0.2) is 15.0 Å². The second-order valence-corrected chi connectivity index (χ2v) is 4.28. The lowest BCUT2D eigenvalue weighted by Crippen LogP contribution is -1.90. The third-order valence-electron chi connectivity index (χ3n) is 2.96. The maximum absolute atomic E-state index is 4.48. The van der Waals surface area contributed by atoms with Gasteiger partial charge in [-0.1, -0.05) is 0 Å². The zero-order valence-electron chi connectivity index (χ0n) is 9.86. The van der Waals surface area contributed by atoms with Gasteiger partial charge in [-0.3, -0.25) is 9.97 Å². The SMILES string of the molecule is Cc1cc(C)c(-c2cc3[nH]ccc3cn2)cn1. The summed E-state index contributed by atoms with van der Waals surface area (Å²) in [5, 5.41) is 1.13. The molecule has 0 aliphatic heterocycles. The van der Waals surface area contributed by atoms with E-state index in [0.717, 1.165) is 27.9 Å². The Kier molecular flexibility index (Phi) is 2.18. The van der Waals surface area contributed by atoms with Crippen LogP contribution in [0.4, 0.5) is 0 Å². The Labute approximate surface area is 99.5 Å². The van der Waals surface area contributed by atoms with Gasteiger partial charge in [0, 0.05) is 40.8 Å². The van der Waals surface area contributed by atoms with Gasteiger partial charge in [0.05, 0.1) is 5.69 Å². The minimum Gasteiger partial charge on any atom is -0.361 e. The topological polar surface area (TPSA) is 41.6 Å². The van der Waals surface area contributed by atoms with Crippen molar-refractivity contribution in [3.63, 3.8) is 0 Å². The van der Waals surface area contributed by atoms with E-state index >= 15 is 0 Å². The number of fused-ring (bicyclic) bond motifs is 1. The first-order valence-corrected chi connectivity index (χ1v) is 5.61. The maximum atomic E-state index is 4.48. The van der Waals surface area contributed by atoms with Gasteiger partial charge in [0.25, 0.3) is 0 Å². The Hall–Kier alpha value is -2.16. The van der Waals surface area contributed by atoms with E-state index in [9.17, 15) is 0 Å². The number of H-pyrrole nitrogens is 1. The van der Waals surface area contributed by atoms with E-state index in [1.54, 1.807) is 0 Å². The molecule has 0 amide bonds. The molecule has 3 heteroatoms. The lowest BCUT2D eigenvalue weighted by atomic mass is 10.1. The molecule has 17 heavy (non-hydrogen) atoms. The second kappa shape index (κ2) is 3.70. The Balaban J connectivity index is 2.19. The van der Waals surface area contributed by atoms with Crippen molar-refractivity contribution < 1.29 is 0 Å². The molecule has 3 heterocycles. The summed E-state index contributed by atoms with van der Waals surface area (Å²) < 4.78 is 0. The molecule has 0 bridgehead atoms. The first-order valence-electron chi connectivity index (χ1n) is 5.61. The highest BCUT2D eigenvalue weighted by atomic mass is 14.7. The summed E-state index contributed by atoms with van der Waals surface area (Å²) in [5.41, 5.74) is 5.40. The van der Waals surface area contributed by atoms with Crippen LogP contribution in [0.5, 0.6) is 0 Å². The first kappa shape index (κ1) is 10.0. The zero-order chi connectivity index (χ0) is 11.8. The number of pyridine rings is 2. The molecule has 0 aromatic carbocycles. The number of rotatable bonds is 1. The smallest absolute Gasteiger partial charge is 0.0741 e. The molecule has 0 aliphatic carbocycles. The molecular formula is C14H13N3. The van der Waals surface area contributed by atoms with Crippen LogP contribution in [-0.2, 0) is 0 Å². The van der Waals surface area contributed by atoms with Gasteiger partial charge in [-0.05, 0) is 37.6 Å². The van der Waals surface area contributed by atoms with Crippen molar-refractivity contribution >= 4 is 10.9 Å². The van der Waals surface area contributed by atoms with E-state index < -0.39 is 0 Å². The largest absolute Gasteiger partial charge is 0.361 e. The van der Waals surface area contributed by atoms with Crippen molar-refractivity contribution in [1.82, 2.24) is 15.0 Å². The molecular weight excluding hydrogens is 210 g/mol. The van der Waals surface area contributed by atoms with Gasteiger partial charge in [0.15, 0.2) is 0 Å². The van der Waals surface area contributed by atoms with Crippen molar-refractivity contribution in [3.8, 4) is 11.3 Å². The lowest BCUT2D eigenvalue weighted by molar-refractivity contribution is 1.17. The van der Waals surface area contributed by atoms with Crippen molar-refractivity contribution in [2.75, 3.05) is 0 Å². The van der Waals surface area contributed by atoms with Gasteiger partial charge in [0.1, 0.15) is 0 Å². The van der Waals surface area contributed by atoms with E-state index in [0.29, 0.717) is 0 Å². The summed E-state index contributed by atoms with van der Waals surface area (Å²) in [5.74, 6) is 0. The highest BCUT2D eigenvalue weighted by Crippen LogP contribution is 2.23. The summed E-state index contributed by atoms with van der Waals surface area (Å²) in [6.07, 6.45) is 5.71. The molecule has 0 saturated heterocycles. The number of aromatic amines is 1. The quantitative estimate of drug-likeness (QED) is 0.688. The van der Waals surface area contributed by atoms with E-state index in [1.165, 1.54) is 5.56 Å². The number of aromatic nitrogens is 3. The van der Waals surface area contributed by atoms with Gasteiger partial charge in [0.2, 0.25) is 0 Å². The molecule has 0 fully saturated rings. The van der Waals surface area contributed by atoms with E-state index in [2.05, 4.69) is 34.0 Å². The van der Waals surface area contributed by atoms with Gasteiger partial charge in [-0.25, -0.2) is 0 Å². The van der Waals surface area contributed by atoms with Gasteiger partial charge in [-0.15, -0.1) is 0 Å². The summed E-state index contributed by atoms with van der Waals surface area (Å²) >= 11 is 0. The second-order valence-electron chi connectivity index (χ2n) is 4.28. The Morgan fingerprint density at radius 2 is 1.94 bits per heavy atom. The minimum absolute atomic E-state index is 0.963. The number of nitrogens with zero attached hydrogens (tertiary/aromatic N) is 2. The van der Waals surface area contributed by atoms with Crippen LogP contribution < -0.4 is 0 Å². The molecule has 0 atom stereocenters. The van der Waals surface area contributed by atoms with Crippen molar-refractivity contribution in [1.29, 1.82) is 0 Å². The number of aryl methyl sites for hydroxylation is 2. The van der Waals surface area contributed by atoms with Gasteiger partial charge in [-0.2, -0.15) is 0 Å². The normalized spacial score (nSPS) is 10.9. The summed E-state index contributed by atoms with van der Waals surface area (Å²) in [4.78, 5) is 12.0. The molecule has 0 radical (unpaired) electrons. The molecule has 0 spiro atoms. The maximum Gasteiger partial charge on any atom is 0.0741 e. The molecule has 3 aromatic heterocycles. The lowest BCUT2D eigenvalue weighted by Gasteiger charge is -2.05. The summed E-state index contributed by atoms with van der Waals surface area (Å²) in [7, 11) is 0. The molecule has 3 nitrogen and oxygen atoms in total. The molecule has 0 aliphatic rings. The van der Waals surface area contributed by atoms with Crippen LogP contribution in [0.1, 0.15) is 11.3 Å². The molecule has 84 valence electrons. The molecule has 0 unspecified atom stereocenters. The minimum atomic E-state index is 0.963. The van der Waals surface area contributed by atoms with Crippen molar-refractivity contribution in [2.24, 2.45) is 0 Å². The number of nitrogens with one attached hydrogen (secondary N) is 1. The average Bonchev–Trinajstić information content (AvgIpc) is 2.75. The van der Waals surface area contributed by atoms with Crippen LogP contribution in [0, 0.1) is 13.8 Å². The summed E-state index contributed by atoms with van der Waals surface area (Å²) in [6, 6.07) is 6.16. The van der Waals surface area contributed by atoms with Crippen molar-refractivity contribution in [3.05, 3.63) is 48.0 Å². The summed E-state index contributed by atoms with van der Waals surface area (Å²) in [6.45, 7) is 4.09. The fraction of sp³-hybridized carbons (Fsp3) is 0.143. The highest BCUT2D eigenvalue weighted by Gasteiger charge is 2.05. The average molecular weight is 223 g/mol. The third kappa shape index (κ3) is 1.69. The van der Waals surface area contributed by atoms with Crippen LogP contribution in [0.25, 0.3) is 22.2 Å². The molecule has 0 saturated carbocycles. The molecule has 3 rings (SSSR count). The predicted molar refractivity (Wildman–Crippen MR) is 68.8 cm³/mol. The first-order chi connectivity index (χ1) is 8.24. The third-order valence-corrected chi connectivity index (χ3v) is 2.96. The van der Waals surface area contributed by atoms with E-state index in [4.69, 9.17) is 0 Å². The molecule has 3 aromatic rings. The van der Waals surface area contributed by atoms with Gasteiger partial charge >= 0.3 is 0 Å². The van der Waals surface area contributed by atoms with Crippen LogP contribution >= 0.6 is 0 Å². The van der Waals surface area contributed by atoms with Crippen LogP contribution in [0.2, 0.25) is 0 Å². The highest BCUT2D eigenvalue weighted by molar-refractivity contribution is 5.82. The standard InChI is InChI=1S/C14H13N3/c1-9-5-10(2)16-8-12(9)14-6-13-11(7-17-14)3-4-15-13/h3-8,15H,1-2H3. The van der Waals surface area contributed by atoms with E-state index in [-0.39, 0.29) is 0 Å². The van der Waals surface area contributed by atoms with E-state index in [1.807, 2.05) is 31.6 Å². The van der Waals surface area contributed by atoms with Crippen molar-refractivity contribution in [2.45, 2.75) is 13.8 Å². The molecule has 1 N–H and O–H groups in total. The monoisotopic (exact) mass is 223 g/mol. The van der Waals surface area contributed by atoms with Crippen LogP contribution in [0.15, 0.2) is 36.8 Å². The Morgan fingerprint density at radius 1 is 1.06 bits per heavy atom. The number of hydrogen-bond donors (Lipinski definition) is 1. The fourth-order valence-electron chi connectivity index (χ4n) is 2.06.